The second-order valence-corrected chi connectivity index (χ2v) is 6.90. The summed E-state index contributed by atoms with van der Waals surface area (Å²) in [6, 6.07) is 20.5. The van der Waals surface area contributed by atoms with Gasteiger partial charge in [-0.05, 0) is 0 Å². The summed E-state index contributed by atoms with van der Waals surface area (Å²) in [4.78, 5) is 12.3. The van der Waals surface area contributed by atoms with E-state index in [-0.39, 0.29) is 0 Å². The van der Waals surface area contributed by atoms with Crippen LogP contribution in [0.5, 0.6) is 0 Å². The number of aromatic nitrogens is 5. The van der Waals surface area contributed by atoms with Gasteiger partial charge in [-0.3, -0.25) is 0 Å². The minimum atomic E-state index is 0.302. The normalized spacial score (nSPS) is 10.8. The Morgan fingerprint density at radius 3 is 2.30 bits per heavy atom. The van der Waals surface area contributed by atoms with Crippen LogP contribution in [-0.4, -0.2) is 37.4 Å². The van der Waals surface area contributed by atoms with Gasteiger partial charge >= 0.3 is 0 Å². The molecule has 2 aromatic heterocycles. The van der Waals surface area contributed by atoms with E-state index in [0.29, 0.717) is 18.4 Å². The second-order valence-electron chi connectivity index (χ2n) is 5.82. The molecule has 0 amide bonds. The molecule has 0 fully saturated rings. The quantitative estimate of drug-likeness (QED) is 0.289. The summed E-state index contributed by atoms with van der Waals surface area (Å²) < 4.78 is 0. The molecule has 0 aliphatic heterocycles. The lowest BCUT2D eigenvalue weighted by Crippen LogP contribution is -2.05. The summed E-state index contributed by atoms with van der Waals surface area (Å²) in [5.41, 5.74) is 9.71. The molecule has 7 nitrogen and oxygen atoms in total. The van der Waals surface area contributed by atoms with Gasteiger partial charge in [-0.25, -0.2) is 10.1 Å². The maximum Gasteiger partial charge on any atom is 0.243 e. The van der Waals surface area contributed by atoms with Crippen LogP contribution in [-0.2, 0) is 0 Å². The van der Waals surface area contributed by atoms with Crippen molar-refractivity contribution >= 4 is 23.7 Å². The Morgan fingerprint density at radius 2 is 1.63 bits per heavy atom. The lowest BCUT2D eigenvalue weighted by Gasteiger charge is -2.02. The zero-order valence-corrected chi connectivity index (χ0v) is 15.3. The number of rotatable bonds is 7. The summed E-state index contributed by atoms with van der Waals surface area (Å²) >= 11 is 1.64. The lowest BCUT2D eigenvalue weighted by molar-refractivity contribution is 1.05. The first-order valence-corrected chi connectivity index (χ1v) is 9.53. The van der Waals surface area contributed by atoms with Crippen LogP contribution in [0.25, 0.3) is 22.5 Å². The van der Waals surface area contributed by atoms with Gasteiger partial charge in [-0.1, -0.05) is 72.4 Å². The molecular formula is C19H19N7S. The van der Waals surface area contributed by atoms with Crippen molar-refractivity contribution in [2.24, 2.45) is 0 Å². The minimum absolute atomic E-state index is 0.302. The summed E-state index contributed by atoms with van der Waals surface area (Å²) in [6.07, 6.45) is 0. The fraction of sp³-hybridized carbons (Fsp3) is 0.105. The number of hydrogen-bond acceptors (Lipinski definition) is 6. The zero-order valence-electron chi connectivity index (χ0n) is 14.5. The van der Waals surface area contributed by atoms with Crippen molar-refractivity contribution in [3.8, 4) is 22.5 Å². The minimum Gasteiger partial charge on any atom is -0.368 e. The Bertz CT molecular complexity index is 938. The maximum atomic E-state index is 5.51. The summed E-state index contributed by atoms with van der Waals surface area (Å²) in [5.74, 6) is 1.61. The molecule has 0 atom stereocenters. The van der Waals surface area contributed by atoms with E-state index in [4.69, 9.17) is 10.7 Å². The molecule has 0 spiro atoms. The number of anilines is 2. The number of benzene rings is 2. The smallest absolute Gasteiger partial charge is 0.243 e. The number of aromatic amines is 2. The van der Waals surface area contributed by atoms with Gasteiger partial charge in [0.2, 0.25) is 11.9 Å². The van der Waals surface area contributed by atoms with Gasteiger partial charge in [0.1, 0.15) is 0 Å². The molecule has 5 N–H and O–H groups in total. The molecule has 0 radical (unpaired) electrons. The summed E-state index contributed by atoms with van der Waals surface area (Å²) in [7, 11) is 0. The van der Waals surface area contributed by atoms with Crippen molar-refractivity contribution < 1.29 is 0 Å². The fourth-order valence-electron chi connectivity index (χ4n) is 2.70. The van der Waals surface area contributed by atoms with Crippen molar-refractivity contribution in [2.45, 2.75) is 5.16 Å². The molecule has 0 aliphatic carbocycles. The average Bonchev–Trinajstić information content (AvgIpc) is 3.33. The number of nitrogens with zero attached hydrogens (tertiary/aromatic N) is 3. The van der Waals surface area contributed by atoms with Crippen molar-refractivity contribution in [1.29, 1.82) is 0 Å². The van der Waals surface area contributed by atoms with Crippen LogP contribution >= 0.6 is 11.8 Å². The van der Waals surface area contributed by atoms with Gasteiger partial charge in [-0.2, -0.15) is 4.98 Å². The summed E-state index contributed by atoms with van der Waals surface area (Å²) in [6.45, 7) is 0.698. The molecule has 0 bridgehead atoms. The molecule has 0 saturated carbocycles. The van der Waals surface area contributed by atoms with Crippen LogP contribution in [0.3, 0.4) is 0 Å². The van der Waals surface area contributed by atoms with E-state index in [0.717, 1.165) is 33.4 Å². The van der Waals surface area contributed by atoms with Gasteiger partial charge in [0.15, 0.2) is 5.16 Å². The van der Waals surface area contributed by atoms with Crippen molar-refractivity contribution in [2.75, 3.05) is 23.3 Å². The molecule has 0 saturated heterocycles. The van der Waals surface area contributed by atoms with Gasteiger partial charge in [0.05, 0.1) is 11.4 Å². The van der Waals surface area contributed by atoms with E-state index in [1.807, 2.05) is 36.4 Å². The number of nitrogens with one attached hydrogen (secondary N) is 3. The highest BCUT2D eigenvalue weighted by Crippen LogP contribution is 2.32. The van der Waals surface area contributed by atoms with Crippen LogP contribution in [0, 0.1) is 0 Å². The Morgan fingerprint density at radius 1 is 0.926 bits per heavy atom. The van der Waals surface area contributed by atoms with E-state index in [1.54, 1.807) is 11.8 Å². The maximum absolute atomic E-state index is 5.51. The summed E-state index contributed by atoms with van der Waals surface area (Å²) in [5, 5.41) is 10.6. The number of imidazole rings is 1. The number of hydrogen-bond donors (Lipinski definition) is 4. The lowest BCUT2D eigenvalue weighted by atomic mass is 10.1. The predicted octanol–water partition coefficient (Wildman–Crippen LogP) is 3.65. The number of nitrogen functional groups attached to an aromatic ring is 1. The molecule has 4 rings (SSSR count). The third kappa shape index (κ3) is 4.12. The highest BCUT2D eigenvalue weighted by atomic mass is 32.2. The van der Waals surface area contributed by atoms with Crippen LogP contribution in [0.1, 0.15) is 0 Å². The standard InChI is InChI=1S/C19H19N7S/c20-17-24-18(26-25-17)21-11-12-27-19-22-15(13-7-3-1-4-8-13)16(23-19)14-9-5-2-6-10-14/h1-10H,11-12H2,(H,22,23)(H4,20,21,24,25,26). The van der Waals surface area contributed by atoms with Crippen molar-refractivity contribution in [1.82, 2.24) is 25.1 Å². The van der Waals surface area contributed by atoms with E-state index in [9.17, 15) is 0 Å². The molecule has 8 heteroatoms. The van der Waals surface area contributed by atoms with E-state index in [2.05, 4.69) is 49.7 Å². The predicted molar refractivity (Wildman–Crippen MR) is 109 cm³/mol. The molecule has 0 aliphatic rings. The Kier molecular flexibility index (Phi) is 5.06. The zero-order chi connectivity index (χ0) is 18.5. The molecule has 27 heavy (non-hydrogen) atoms. The van der Waals surface area contributed by atoms with E-state index >= 15 is 0 Å². The molecule has 136 valence electrons. The Balaban J connectivity index is 1.50. The van der Waals surface area contributed by atoms with Crippen LogP contribution in [0.4, 0.5) is 11.9 Å². The highest BCUT2D eigenvalue weighted by molar-refractivity contribution is 7.99. The van der Waals surface area contributed by atoms with Gasteiger partial charge in [0.25, 0.3) is 0 Å². The largest absolute Gasteiger partial charge is 0.368 e. The SMILES string of the molecule is Nc1nc(NCCSc2nc(-c3ccccc3)c(-c3ccccc3)[nH]2)n[nH]1. The molecule has 0 unspecified atom stereocenters. The van der Waals surface area contributed by atoms with Crippen LogP contribution in [0.15, 0.2) is 65.8 Å². The third-order valence-electron chi connectivity index (χ3n) is 3.92. The monoisotopic (exact) mass is 377 g/mol. The Labute approximate surface area is 160 Å². The second kappa shape index (κ2) is 7.96. The first-order chi connectivity index (χ1) is 13.3. The van der Waals surface area contributed by atoms with Crippen LogP contribution < -0.4 is 11.1 Å². The number of H-pyrrole nitrogens is 2. The molecule has 2 aromatic carbocycles. The van der Waals surface area contributed by atoms with E-state index < -0.39 is 0 Å². The van der Waals surface area contributed by atoms with Gasteiger partial charge < -0.3 is 16.0 Å². The molecule has 4 aromatic rings. The average molecular weight is 377 g/mol. The van der Waals surface area contributed by atoms with Crippen molar-refractivity contribution in [3.63, 3.8) is 0 Å². The molecule has 2 heterocycles. The number of thioether (sulfide) groups is 1. The van der Waals surface area contributed by atoms with E-state index in [1.165, 1.54) is 0 Å². The number of nitrogens with two attached hydrogens (primary N) is 1. The topological polar surface area (TPSA) is 108 Å². The van der Waals surface area contributed by atoms with Crippen molar-refractivity contribution in [3.05, 3.63) is 60.7 Å². The van der Waals surface area contributed by atoms with Gasteiger partial charge in [0, 0.05) is 23.4 Å². The fourth-order valence-corrected chi connectivity index (χ4v) is 3.43. The third-order valence-corrected chi connectivity index (χ3v) is 4.79. The first-order valence-electron chi connectivity index (χ1n) is 8.55. The highest BCUT2D eigenvalue weighted by Gasteiger charge is 2.14. The van der Waals surface area contributed by atoms with Crippen LogP contribution in [0.2, 0.25) is 0 Å². The van der Waals surface area contributed by atoms with Gasteiger partial charge in [-0.15, -0.1) is 5.10 Å². The molecular weight excluding hydrogens is 358 g/mol. The first kappa shape index (κ1) is 17.2. The Hall–Kier alpha value is -3.26.